The molecule has 0 aromatic carbocycles. The van der Waals surface area contributed by atoms with Gasteiger partial charge >= 0.3 is 6.09 Å². The predicted molar refractivity (Wildman–Crippen MR) is 50.2 cm³/mol. The molecule has 1 N–H and O–H groups in total. The van der Waals surface area contributed by atoms with Gasteiger partial charge in [-0.15, -0.1) is 0 Å². The average molecular weight is 186 g/mol. The van der Waals surface area contributed by atoms with E-state index in [0.717, 1.165) is 25.9 Å². The molecule has 0 aromatic heterocycles. The molecule has 4 nitrogen and oxygen atoms in total. The molecule has 0 atom stereocenters. The first-order chi connectivity index (χ1) is 6.34. The molecule has 1 amide bonds. The first-order valence-corrected chi connectivity index (χ1v) is 5.02. The van der Waals surface area contributed by atoms with Gasteiger partial charge in [-0.05, 0) is 19.8 Å². The van der Waals surface area contributed by atoms with E-state index in [4.69, 9.17) is 4.74 Å². The highest BCUT2D eigenvalue weighted by atomic mass is 16.6. The molecule has 13 heavy (non-hydrogen) atoms. The summed E-state index contributed by atoms with van der Waals surface area (Å²) < 4.78 is 4.90. The molecule has 0 radical (unpaired) electrons. The Morgan fingerprint density at radius 1 is 1.38 bits per heavy atom. The van der Waals surface area contributed by atoms with Crippen LogP contribution in [0.15, 0.2) is 0 Å². The third kappa shape index (κ3) is 3.63. The van der Waals surface area contributed by atoms with Gasteiger partial charge in [0.1, 0.15) is 0 Å². The first kappa shape index (κ1) is 10.3. The summed E-state index contributed by atoms with van der Waals surface area (Å²) in [5.74, 6) is 0. The van der Waals surface area contributed by atoms with Crippen molar-refractivity contribution in [1.82, 2.24) is 10.4 Å². The van der Waals surface area contributed by atoms with Crippen molar-refractivity contribution in [2.24, 2.45) is 0 Å². The van der Waals surface area contributed by atoms with Gasteiger partial charge in [0.25, 0.3) is 0 Å². The Morgan fingerprint density at radius 2 is 2.15 bits per heavy atom. The molecule has 0 saturated carbocycles. The zero-order chi connectivity index (χ0) is 9.52. The molecule has 1 aliphatic heterocycles. The monoisotopic (exact) mass is 186 g/mol. The molecule has 0 aliphatic carbocycles. The van der Waals surface area contributed by atoms with Gasteiger partial charge in [0.15, 0.2) is 0 Å². The molecule has 1 aliphatic rings. The van der Waals surface area contributed by atoms with Crippen LogP contribution in [0.4, 0.5) is 4.79 Å². The normalized spacial score (nSPS) is 19.0. The third-order valence-electron chi connectivity index (χ3n) is 2.10. The van der Waals surface area contributed by atoms with Crippen molar-refractivity contribution < 1.29 is 9.53 Å². The molecule has 1 saturated heterocycles. The summed E-state index contributed by atoms with van der Waals surface area (Å²) in [6, 6.07) is 0. The van der Waals surface area contributed by atoms with Crippen molar-refractivity contribution in [3.8, 4) is 0 Å². The van der Waals surface area contributed by atoms with E-state index in [2.05, 4.69) is 5.43 Å². The van der Waals surface area contributed by atoms with Crippen LogP contribution in [-0.2, 0) is 4.74 Å². The number of nitrogens with one attached hydrogen (secondary N) is 1. The van der Waals surface area contributed by atoms with E-state index in [1.54, 1.807) is 5.01 Å². The van der Waals surface area contributed by atoms with Crippen LogP contribution < -0.4 is 5.43 Å². The summed E-state index contributed by atoms with van der Waals surface area (Å²) in [5.41, 5.74) is 3.06. The van der Waals surface area contributed by atoms with E-state index in [-0.39, 0.29) is 6.09 Å². The summed E-state index contributed by atoms with van der Waals surface area (Å²) in [5, 5.41) is 1.59. The summed E-state index contributed by atoms with van der Waals surface area (Å²) in [4.78, 5) is 11.3. The van der Waals surface area contributed by atoms with Crippen LogP contribution in [-0.4, -0.2) is 30.8 Å². The highest BCUT2D eigenvalue weighted by Crippen LogP contribution is 2.05. The minimum Gasteiger partial charge on any atom is -0.449 e. The molecule has 4 heteroatoms. The van der Waals surface area contributed by atoms with Crippen molar-refractivity contribution in [3.05, 3.63) is 0 Å². The van der Waals surface area contributed by atoms with Crippen LogP contribution in [0.3, 0.4) is 0 Å². The van der Waals surface area contributed by atoms with Gasteiger partial charge in [-0.1, -0.05) is 12.8 Å². The fraction of sp³-hybridized carbons (Fsp3) is 0.889. The van der Waals surface area contributed by atoms with Gasteiger partial charge in [-0.3, -0.25) is 0 Å². The third-order valence-corrected chi connectivity index (χ3v) is 2.10. The van der Waals surface area contributed by atoms with Crippen molar-refractivity contribution in [1.29, 1.82) is 0 Å². The van der Waals surface area contributed by atoms with Crippen molar-refractivity contribution >= 4 is 6.09 Å². The quantitative estimate of drug-likeness (QED) is 0.675. The second kappa shape index (κ2) is 5.80. The summed E-state index contributed by atoms with van der Waals surface area (Å²) in [7, 11) is 0. The highest BCUT2D eigenvalue weighted by molar-refractivity contribution is 5.66. The molecule has 1 rings (SSSR count). The second-order valence-electron chi connectivity index (χ2n) is 3.17. The maximum absolute atomic E-state index is 11.3. The van der Waals surface area contributed by atoms with E-state index >= 15 is 0 Å². The number of hydrazine groups is 1. The molecule has 0 aromatic rings. The maximum atomic E-state index is 11.3. The smallest absolute Gasteiger partial charge is 0.424 e. The Hall–Kier alpha value is -0.770. The Labute approximate surface area is 79.2 Å². The SMILES string of the molecule is CCOC(=O)N1CCCCCCN1. The molecule has 76 valence electrons. The lowest BCUT2D eigenvalue weighted by Gasteiger charge is -2.24. The van der Waals surface area contributed by atoms with Crippen LogP contribution in [0.2, 0.25) is 0 Å². The maximum Gasteiger partial charge on any atom is 0.424 e. The number of rotatable bonds is 1. The van der Waals surface area contributed by atoms with Crippen LogP contribution in [0.5, 0.6) is 0 Å². The Morgan fingerprint density at radius 3 is 2.92 bits per heavy atom. The largest absolute Gasteiger partial charge is 0.449 e. The van der Waals surface area contributed by atoms with E-state index < -0.39 is 0 Å². The minimum atomic E-state index is -0.246. The average Bonchev–Trinajstić information content (AvgIpc) is 2.03. The molecular weight excluding hydrogens is 168 g/mol. The molecule has 0 unspecified atom stereocenters. The van der Waals surface area contributed by atoms with Crippen LogP contribution in [0.1, 0.15) is 32.6 Å². The van der Waals surface area contributed by atoms with Gasteiger partial charge in [0.2, 0.25) is 0 Å². The summed E-state index contributed by atoms with van der Waals surface area (Å²) in [6.45, 7) is 3.90. The number of nitrogens with zero attached hydrogens (tertiary/aromatic N) is 1. The van der Waals surface area contributed by atoms with Crippen LogP contribution in [0.25, 0.3) is 0 Å². The van der Waals surface area contributed by atoms with E-state index in [1.165, 1.54) is 12.8 Å². The fourth-order valence-electron chi connectivity index (χ4n) is 1.40. The topological polar surface area (TPSA) is 41.6 Å². The van der Waals surface area contributed by atoms with Gasteiger partial charge in [-0.25, -0.2) is 15.2 Å². The molecule has 1 fully saturated rings. The van der Waals surface area contributed by atoms with Crippen LogP contribution in [0, 0.1) is 0 Å². The molecular formula is C9H18N2O2. The summed E-state index contributed by atoms with van der Waals surface area (Å²) >= 11 is 0. The zero-order valence-corrected chi connectivity index (χ0v) is 8.21. The standard InChI is InChI=1S/C9H18N2O2/c1-2-13-9(12)11-8-6-4-3-5-7-10-11/h10H,2-8H2,1H3. The van der Waals surface area contributed by atoms with Gasteiger partial charge < -0.3 is 4.74 Å². The minimum absolute atomic E-state index is 0.246. The summed E-state index contributed by atoms with van der Waals surface area (Å²) in [6.07, 6.45) is 4.41. The van der Waals surface area contributed by atoms with Crippen molar-refractivity contribution in [2.45, 2.75) is 32.6 Å². The Bertz CT molecular complexity index is 154. The van der Waals surface area contributed by atoms with E-state index in [9.17, 15) is 4.79 Å². The highest BCUT2D eigenvalue weighted by Gasteiger charge is 2.14. The first-order valence-electron chi connectivity index (χ1n) is 5.02. The molecule has 0 spiro atoms. The van der Waals surface area contributed by atoms with E-state index in [1.807, 2.05) is 6.92 Å². The lowest BCUT2D eigenvalue weighted by Crippen LogP contribution is -2.44. The second-order valence-corrected chi connectivity index (χ2v) is 3.17. The predicted octanol–water partition coefficient (Wildman–Crippen LogP) is 1.52. The van der Waals surface area contributed by atoms with Crippen LogP contribution >= 0.6 is 0 Å². The number of carbonyl (C=O) groups is 1. The number of ether oxygens (including phenoxy) is 1. The number of amides is 1. The van der Waals surface area contributed by atoms with Gasteiger partial charge in [0, 0.05) is 13.1 Å². The van der Waals surface area contributed by atoms with Gasteiger partial charge in [0.05, 0.1) is 6.61 Å². The Balaban J connectivity index is 2.32. The van der Waals surface area contributed by atoms with E-state index in [0.29, 0.717) is 6.61 Å². The molecule has 1 heterocycles. The molecule has 0 bridgehead atoms. The Kier molecular flexibility index (Phi) is 4.60. The fourth-order valence-corrected chi connectivity index (χ4v) is 1.40. The van der Waals surface area contributed by atoms with Crippen molar-refractivity contribution in [3.63, 3.8) is 0 Å². The number of hydrogen-bond acceptors (Lipinski definition) is 3. The number of carbonyl (C=O) groups excluding carboxylic acids is 1. The lowest BCUT2D eigenvalue weighted by atomic mass is 10.2. The lowest BCUT2D eigenvalue weighted by molar-refractivity contribution is 0.0828. The number of hydrogen-bond donors (Lipinski definition) is 1. The van der Waals surface area contributed by atoms with Gasteiger partial charge in [-0.2, -0.15) is 0 Å². The zero-order valence-electron chi connectivity index (χ0n) is 8.21. The van der Waals surface area contributed by atoms with Crippen molar-refractivity contribution in [2.75, 3.05) is 19.7 Å².